The van der Waals surface area contributed by atoms with Gasteiger partial charge in [0, 0.05) is 6.42 Å². The fraction of sp³-hybridized carbons (Fsp3) is 0.400. The number of rotatable bonds is 2. The van der Waals surface area contributed by atoms with E-state index >= 15 is 0 Å². The SMILES string of the molecule is O=C1C2CC/C(=N/O)CC2C(=O)N1Cc1ccccc1. The highest BCUT2D eigenvalue weighted by atomic mass is 16.4. The third kappa shape index (κ3) is 2.09. The van der Waals surface area contributed by atoms with Gasteiger partial charge in [-0.15, -0.1) is 0 Å². The van der Waals surface area contributed by atoms with E-state index in [0.29, 0.717) is 31.5 Å². The maximum absolute atomic E-state index is 12.4. The van der Waals surface area contributed by atoms with Crippen molar-refractivity contribution in [3.63, 3.8) is 0 Å². The van der Waals surface area contributed by atoms with Crippen LogP contribution in [0.25, 0.3) is 0 Å². The summed E-state index contributed by atoms with van der Waals surface area (Å²) in [5.41, 5.74) is 1.57. The molecule has 1 aromatic carbocycles. The molecular formula is C15H16N2O3. The Hall–Kier alpha value is -2.17. The molecule has 104 valence electrons. The number of hydrogen-bond acceptors (Lipinski definition) is 4. The lowest BCUT2D eigenvalue weighted by Crippen LogP contribution is -2.30. The van der Waals surface area contributed by atoms with Crippen LogP contribution in [0.3, 0.4) is 0 Å². The summed E-state index contributed by atoms with van der Waals surface area (Å²) in [5.74, 6) is -0.798. The molecule has 1 aliphatic heterocycles. The zero-order valence-electron chi connectivity index (χ0n) is 11.0. The standard InChI is InChI=1S/C15H16N2O3/c18-14-12-7-6-11(16-20)8-13(12)15(19)17(14)9-10-4-2-1-3-5-10/h1-5,12-13,20H,6-9H2/b16-11-. The van der Waals surface area contributed by atoms with Crippen LogP contribution in [0.15, 0.2) is 35.5 Å². The van der Waals surface area contributed by atoms with Crippen molar-refractivity contribution in [1.82, 2.24) is 4.90 Å². The lowest BCUT2D eigenvalue weighted by Gasteiger charge is -2.20. The topological polar surface area (TPSA) is 70.0 Å². The fourth-order valence-corrected chi connectivity index (χ4v) is 3.10. The van der Waals surface area contributed by atoms with Gasteiger partial charge >= 0.3 is 0 Å². The Labute approximate surface area is 116 Å². The van der Waals surface area contributed by atoms with Crippen molar-refractivity contribution >= 4 is 17.5 Å². The van der Waals surface area contributed by atoms with Gasteiger partial charge < -0.3 is 5.21 Å². The van der Waals surface area contributed by atoms with Gasteiger partial charge in [0.05, 0.1) is 24.1 Å². The van der Waals surface area contributed by atoms with E-state index in [-0.39, 0.29) is 23.7 Å². The van der Waals surface area contributed by atoms with Gasteiger partial charge in [-0.1, -0.05) is 35.5 Å². The molecule has 1 saturated heterocycles. The van der Waals surface area contributed by atoms with E-state index in [0.717, 1.165) is 5.56 Å². The van der Waals surface area contributed by atoms with Crippen molar-refractivity contribution in [1.29, 1.82) is 0 Å². The largest absolute Gasteiger partial charge is 0.411 e. The van der Waals surface area contributed by atoms with E-state index < -0.39 is 0 Å². The second kappa shape index (κ2) is 5.07. The Morgan fingerprint density at radius 2 is 1.85 bits per heavy atom. The van der Waals surface area contributed by atoms with Crippen LogP contribution in [0.1, 0.15) is 24.8 Å². The van der Waals surface area contributed by atoms with E-state index in [4.69, 9.17) is 5.21 Å². The maximum atomic E-state index is 12.4. The molecule has 20 heavy (non-hydrogen) atoms. The van der Waals surface area contributed by atoms with Gasteiger partial charge in [-0.3, -0.25) is 14.5 Å². The zero-order chi connectivity index (χ0) is 14.1. The second-order valence-corrected chi connectivity index (χ2v) is 5.37. The van der Waals surface area contributed by atoms with Crippen molar-refractivity contribution in [2.75, 3.05) is 0 Å². The predicted molar refractivity (Wildman–Crippen MR) is 72.1 cm³/mol. The molecule has 0 bridgehead atoms. The molecular weight excluding hydrogens is 256 g/mol. The third-order valence-electron chi connectivity index (χ3n) is 4.18. The first-order valence-corrected chi connectivity index (χ1v) is 6.79. The minimum atomic E-state index is -0.342. The highest BCUT2D eigenvalue weighted by Crippen LogP contribution is 2.37. The summed E-state index contributed by atoms with van der Waals surface area (Å²) in [6, 6.07) is 9.50. The number of nitrogens with zero attached hydrogens (tertiary/aromatic N) is 2. The van der Waals surface area contributed by atoms with Crippen molar-refractivity contribution < 1.29 is 14.8 Å². The van der Waals surface area contributed by atoms with Crippen molar-refractivity contribution in [2.45, 2.75) is 25.8 Å². The number of fused-ring (bicyclic) bond motifs is 1. The van der Waals surface area contributed by atoms with Crippen LogP contribution < -0.4 is 0 Å². The van der Waals surface area contributed by atoms with Gasteiger partial charge in [0.15, 0.2) is 0 Å². The summed E-state index contributed by atoms with van der Waals surface area (Å²) in [7, 11) is 0. The molecule has 1 N–H and O–H groups in total. The minimum Gasteiger partial charge on any atom is -0.411 e. The number of carbonyl (C=O) groups is 2. The van der Waals surface area contributed by atoms with Gasteiger partial charge in [0.2, 0.25) is 11.8 Å². The van der Waals surface area contributed by atoms with Crippen LogP contribution in [0, 0.1) is 11.8 Å². The average molecular weight is 272 g/mol. The molecule has 1 saturated carbocycles. The number of hydrogen-bond donors (Lipinski definition) is 1. The number of carbonyl (C=O) groups excluding carboxylic acids is 2. The smallest absolute Gasteiger partial charge is 0.233 e. The van der Waals surface area contributed by atoms with Crippen LogP contribution in [0.4, 0.5) is 0 Å². The van der Waals surface area contributed by atoms with Crippen LogP contribution in [0.5, 0.6) is 0 Å². The molecule has 1 aromatic rings. The van der Waals surface area contributed by atoms with Crippen LogP contribution >= 0.6 is 0 Å². The Morgan fingerprint density at radius 1 is 1.15 bits per heavy atom. The lowest BCUT2D eigenvalue weighted by molar-refractivity contribution is -0.140. The zero-order valence-corrected chi connectivity index (χ0v) is 11.0. The first-order valence-electron chi connectivity index (χ1n) is 6.79. The van der Waals surface area contributed by atoms with Gasteiger partial charge in [-0.25, -0.2) is 0 Å². The Morgan fingerprint density at radius 3 is 2.55 bits per heavy atom. The van der Waals surface area contributed by atoms with Gasteiger partial charge in [0.1, 0.15) is 0 Å². The summed E-state index contributed by atoms with van der Waals surface area (Å²) in [5, 5.41) is 12.1. The molecule has 0 spiro atoms. The summed E-state index contributed by atoms with van der Waals surface area (Å²) in [4.78, 5) is 26.1. The quantitative estimate of drug-likeness (QED) is 0.507. The van der Waals surface area contributed by atoms with Gasteiger partial charge in [0.25, 0.3) is 0 Å². The van der Waals surface area contributed by atoms with Crippen molar-refractivity contribution in [3.05, 3.63) is 35.9 Å². The van der Waals surface area contributed by atoms with Crippen molar-refractivity contribution in [2.24, 2.45) is 17.0 Å². The van der Waals surface area contributed by atoms with Crippen LogP contribution in [-0.2, 0) is 16.1 Å². The summed E-state index contributed by atoms with van der Waals surface area (Å²) < 4.78 is 0. The second-order valence-electron chi connectivity index (χ2n) is 5.37. The summed E-state index contributed by atoms with van der Waals surface area (Å²) in [6.45, 7) is 0.330. The Bertz CT molecular complexity index is 568. The molecule has 0 aromatic heterocycles. The molecule has 5 nitrogen and oxygen atoms in total. The van der Waals surface area contributed by atoms with Gasteiger partial charge in [-0.05, 0) is 18.4 Å². The molecule has 2 aliphatic rings. The summed E-state index contributed by atoms with van der Waals surface area (Å²) >= 11 is 0. The minimum absolute atomic E-state index is 0.0826. The summed E-state index contributed by atoms with van der Waals surface area (Å²) in [6.07, 6.45) is 1.59. The monoisotopic (exact) mass is 272 g/mol. The fourth-order valence-electron chi connectivity index (χ4n) is 3.10. The maximum Gasteiger partial charge on any atom is 0.233 e. The molecule has 1 aliphatic carbocycles. The predicted octanol–water partition coefficient (Wildman–Crippen LogP) is 1.80. The molecule has 3 rings (SSSR count). The lowest BCUT2D eigenvalue weighted by atomic mass is 9.80. The van der Waals surface area contributed by atoms with E-state index in [1.807, 2.05) is 30.3 Å². The molecule has 2 atom stereocenters. The van der Waals surface area contributed by atoms with E-state index in [9.17, 15) is 9.59 Å². The first-order chi connectivity index (χ1) is 9.70. The molecule has 0 radical (unpaired) electrons. The number of oxime groups is 1. The highest BCUT2D eigenvalue weighted by molar-refractivity contribution is 6.07. The van der Waals surface area contributed by atoms with E-state index in [1.165, 1.54) is 4.90 Å². The average Bonchev–Trinajstić information content (AvgIpc) is 2.73. The highest BCUT2D eigenvalue weighted by Gasteiger charge is 2.49. The number of benzene rings is 1. The molecule has 2 fully saturated rings. The molecule has 1 heterocycles. The van der Waals surface area contributed by atoms with Gasteiger partial charge in [-0.2, -0.15) is 0 Å². The Balaban J connectivity index is 1.80. The normalized spacial score (nSPS) is 28.0. The van der Waals surface area contributed by atoms with E-state index in [1.54, 1.807) is 0 Å². The van der Waals surface area contributed by atoms with E-state index in [2.05, 4.69) is 5.16 Å². The first kappa shape index (κ1) is 12.8. The Kier molecular flexibility index (Phi) is 3.26. The molecule has 5 heteroatoms. The third-order valence-corrected chi connectivity index (χ3v) is 4.18. The molecule has 2 amide bonds. The van der Waals surface area contributed by atoms with Crippen LogP contribution in [-0.4, -0.2) is 27.6 Å². The molecule has 2 unspecified atom stereocenters. The number of amides is 2. The number of likely N-dealkylation sites (tertiary alicyclic amines) is 1. The number of imide groups is 1. The van der Waals surface area contributed by atoms with Crippen molar-refractivity contribution in [3.8, 4) is 0 Å². The van der Waals surface area contributed by atoms with Crippen LogP contribution in [0.2, 0.25) is 0 Å².